The van der Waals surface area contributed by atoms with Crippen LogP contribution in [0.3, 0.4) is 0 Å². The van der Waals surface area contributed by atoms with Gasteiger partial charge >= 0.3 is 0 Å². The predicted octanol–water partition coefficient (Wildman–Crippen LogP) is 2.66. The Morgan fingerprint density at radius 1 is 1.31 bits per heavy atom. The Morgan fingerprint density at radius 3 is 2.56 bits per heavy atom. The Kier molecular flexibility index (Phi) is 7.97. The Morgan fingerprint density at radius 2 is 2.00 bits per heavy atom. The SMILES string of the molecule is CC(=O)N[C@H](C(=S)N1C[C@H](O)C[C@H]1C(=O)NCc1ccc(-c2scnc2C)cc1)C(C)C. The van der Waals surface area contributed by atoms with Gasteiger partial charge in [-0.15, -0.1) is 11.3 Å². The predicted molar refractivity (Wildman–Crippen MR) is 130 cm³/mol. The van der Waals surface area contributed by atoms with Crippen LogP contribution in [-0.2, 0) is 16.1 Å². The van der Waals surface area contributed by atoms with Crippen molar-refractivity contribution in [1.82, 2.24) is 20.5 Å². The van der Waals surface area contributed by atoms with Gasteiger partial charge in [-0.3, -0.25) is 9.59 Å². The third-order valence-electron chi connectivity index (χ3n) is 5.58. The van der Waals surface area contributed by atoms with Crippen LogP contribution in [0, 0.1) is 12.8 Å². The smallest absolute Gasteiger partial charge is 0.243 e. The zero-order valence-electron chi connectivity index (χ0n) is 18.8. The summed E-state index contributed by atoms with van der Waals surface area (Å²) in [4.78, 5) is 32.3. The first kappa shape index (κ1) is 24.3. The number of amides is 2. The largest absolute Gasteiger partial charge is 0.391 e. The number of aryl methyl sites for hydroxylation is 1. The van der Waals surface area contributed by atoms with Crippen molar-refractivity contribution in [2.24, 2.45) is 5.92 Å². The molecule has 32 heavy (non-hydrogen) atoms. The molecule has 3 atom stereocenters. The zero-order chi connectivity index (χ0) is 23.4. The molecule has 0 aliphatic carbocycles. The van der Waals surface area contributed by atoms with Gasteiger partial charge in [-0.05, 0) is 24.0 Å². The zero-order valence-corrected chi connectivity index (χ0v) is 20.4. The summed E-state index contributed by atoms with van der Waals surface area (Å²) in [6.07, 6.45) is -0.337. The molecule has 1 aromatic heterocycles. The maximum Gasteiger partial charge on any atom is 0.243 e. The van der Waals surface area contributed by atoms with E-state index in [0.29, 0.717) is 18.0 Å². The molecule has 3 rings (SSSR count). The van der Waals surface area contributed by atoms with Crippen LogP contribution in [0.2, 0.25) is 0 Å². The summed E-state index contributed by atoms with van der Waals surface area (Å²) >= 11 is 7.24. The summed E-state index contributed by atoms with van der Waals surface area (Å²) in [5.74, 6) is -0.297. The molecule has 3 N–H and O–H groups in total. The van der Waals surface area contributed by atoms with E-state index in [1.807, 2.05) is 50.5 Å². The summed E-state index contributed by atoms with van der Waals surface area (Å²) in [5.41, 5.74) is 4.93. The average Bonchev–Trinajstić information content (AvgIpc) is 3.35. The van der Waals surface area contributed by atoms with Gasteiger partial charge in [-0.2, -0.15) is 0 Å². The average molecular weight is 475 g/mol. The van der Waals surface area contributed by atoms with Crippen LogP contribution >= 0.6 is 23.6 Å². The van der Waals surface area contributed by atoms with Crippen LogP contribution in [0.4, 0.5) is 0 Å². The molecule has 0 spiro atoms. The fraction of sp³-hybridized carbons (Fsp3) is 0.478. The fourth-order valence-electron chi connectivity index (χ4n) is 3.88. The molecule has 1 aromatic carbocycles. The molecule has 0 bridgehead atoms. The lowest BCUT2D eigenvalue weighted by molar-refractivity contribution is -0.124. The van der Waals surface area contributed by atoms with Gasteiger partial charge in [0.1, 0.15) is 11.0 Å². The number of β-amino-alcohol motifs (C(OH)–C–C–N with tert-alkyl or cyclic N) is 1. The minimum Gasteiger partial charge on any atom is -0.391 e. The Hall–Kier alpha value is -2.36. The summed E-state index contributed by atoms with van der Waals surface area (Å²) in [6.45, 7) is 8.03. The van der Waals surface area contributed by atoms with E-state index in [-0.39, 0.29) is 30.3 Å². The highest BCUT2D eigenvalue weighted by Gasteiger charge is 2.39. The van der Waals surface area contributed by atoms with Crippen LogP contribution in [0.5, 0.6) is 0 Å². The second-order valence-electron chi connectivity index (χ2n) is 8.50. The number of likely N-dealkylation sites (tertiary alicyclic amines) is 1. The van der Waals surface area contributed by atoms with E-state index < -0.39 is 12.1 Å². The molecule has 0 unspecified atom stereocenters. The van der Waals surface area contributed by atoms with E-state index >= 15 is 0 Å². The monoisotopic (exact) mass is 474 g/mol. The van der Waals surface area contributed by atoms with Crippen molar-refractivity contribution in [3.63, 3.8) is 0 Å². The van der Waals surface area contributed by atoms with Gasteiger partial charge in [0.2, 0.25) is 11.8 Å². The van der Waals surface area contributed by atoms with Crippen molar-refractivity contribution in [3.8, 4) is 10.4 Å². The molecule has 1 aliphatic rings. The lowest BCUT2D eigenvalue weighted by Crippen LogP contribution is -2.54. The maximum absolute atomic E-state index is 13.0. The number of thiocarbonyl (C=S) groups is 1. The highest BCUT2D eigenvalue weighted by atomic mass is 32.1. The molecule has 1 aliphatic heterocycles. The fourth-order valence-corrected chi connectivity index (χ4v) is 5.22. The van der Waals surface area contributed by atoms with Crippen molar-refractivity contribution >= 4 is 40.4 Å². The normalized spacial score (nSPS) is 19.1. The van der Waals surface area contributed by atoms with Gasteiger partial charge in [0, 0.05) is 26.4 Å². The molecular formula is C23H30N4O3S2. The van der Waals surface area contributed by atoms with Gasteiger partial charge in [-0.25, -0.2) is 4.98 Å². The van der Waals surface area contributed by atoms with E-state index in [1.165, 1.54) is 6.92 Å². The topological polar surface area (TPSA) is 94.6 Å². The number of aliphatic hydroxyl groups is 1. The van der Waals surface area contributed by atoms with E-state index in [4.69, 9.17) is 12.2 Å². The number of rotatable bonds is 7. The number of nitrogens with one attached hydrogen (secondary N) is 2. The molecular weight excluding hydrogens is 444 g/mol. The summed E-state index contributed by atoms with van der Waals surface area (Å²) in [6, 6.07) is 7.11. The molecule has 0 saturated carbocycles. The number of hydrogen-bond acceptors (Lipinski definition) is 6. The van der Waals surface area contributed by atoms with Crippen LogP contribution in [0.15, 0.2) is 29.8 Å². The maximum atomic E-state index is 13.0. The number of hydrogen-bond donors (Lipinski definition) is 3. The van der Waals surface area contributed by atoms with Crippen LogP contribution < -0.4 is 10.6 Å². The molecule has 172 valence electrons. The first-order valence-corrected chi connectivity index (χ1v) is 12.0. The Balaban J connectivity index is 1.64. The minimum atomic E-state index is -0.643. The quantitative estimate of drug-likeness (QED) is 0.534. The van der Waals surface area contributed by atoms with Gasteiger partial charge in [0.05, 0.1) is 28.2 Å². The number of carbonyl (C=O) groups is 2. The number of aliphatic hydroxyl groups excluding tert-OH is 1. The number of carbonyl (C=O) groups excluding carboxylic acids is 2. The number of thiazole rings is 1. The number of benzene rings is 1. The van der Waals surface area contributed by atoms with Crippen molar-refractivity contribution in [2.45, 2.75) is 58.8 Å². The Labute approximate surface area is 198 Å². The lowest BCUT2D eigenvalue weighted by Gasteiger charge is -2.32. The summed E-state index contributed by atoms with van der Waals surface area (Å²) in [7, 11) is 0. The van der Waals surface area contributed by atoms with Gasteiger partial charge in [0.15, 0.2) is 0 Å². The third-order valence-corrected chi connectivity index (χ3v) is 7.05. The van der Waals surface area contributed by atoms with Gasteiger partial charge in [-0.1, -0.05) is 50.3 Å². The standard InChI is InChI=1S/C23H30N4O3S2/c1-13(2)20(26-15(4)28)23(31)27-11-18(29)9-19(27)22(30)24-10-16-5-7-17(8-6-16)21-14(3)25-12-32-21/h5-8,12-13,18-20,29H,9-11H2,1-4H3,(H,24,30)(H,26,28)/t18-,19+,20+/m1/s1. The molecule has 7 nitrogen and oxygen atoms in total. The van der Waals surface area contributed by atoms with Crippen molar-refractivity contribution in [3.05, 3.63) is 41.0 Å². The van der Waals surface area contributed by atoms with E-state index in [1.54, 1.807) is 16.2 Å². The van der Waals surface area contributed by atoms with Crippen molar-refractivity contribution in [1.29, 1.82) is 0 Å². The van der Waals surface area contributed by atoms with E-state index in [9.17, 15) is 14.7 Å². The summed E-state index contributed by atoms with van der Waals surface area (Å²) < 4.78 is 0. The van der Waals surface area contributed by atoms with Crippen molar-refractivity contribution < 1.29 is 14.7 Å². The third kappa shape index (κ3) is 5.70. The molecule has 2 heterocycles. The number of nitrogens with zero attached hydrogens (tertiary/aromatic N) is 2. The highest BCUT2D eigenvalue weighted by molar-refractivity contribution is 7.80. The molecule has 1 saturated heterocycles. The summed E-state index contributed by atoms with van der Waals surface area (Å²) in [5, 5.41) is 16.1. The second kappa shape index (κ2) is 10.5. The van der Waals surface area contributed by atoms with Crippen LogP contribution in [-0.4, -0.2) is 56.5 Å². The second-order valence-corrected chi connectivity index (χ2v) is 9.77. The van der Waals surface area contributed by atoms with Gasteiger partial charge in [0.25, 0.3) is 0 Å². The minimum absolute atomic E-state index is 0.0635. The molecule has 9 heteroatoms. The molecule has 0 radical (unpaired) electrons. The lowest BCUT2D eigenvalue weighted by atomic mass is 10.0. The molecule has 2 amide bonds. The van der Waals surface area contributed by atoms with Crippen molar-refractivity contribution in [2.75, 3.05) is 6.54 Å². The molecule has 1 fully saturated rings. The van der Waals surface area contributed by atoms with Crippen LogP contribution in [0.1, 0.15) is 38.4 Å². The number of aromatic nitrogens is 1. The Bertz CT molecular complexity index is 974. The first-order valence-electron chi connectivity index (χ1n) is 10.7. The first-order chi connectivity index (χ1) is 15.2. The van der Waals surface area contributed by atoms with E-state index in [2.05, 4.69) is 15.6 Å². The van der Waals surface area contributed by atoms with Gasteiger partial charge < -0.3 is 20.6 Å². The van der Waals surface area contributed by atoms with E-state index in [0.717, 1.165) is 21.7 Å². The van der Waals surface area contributed by atoms with Crippen LogP contribution in [0.25, 0.3) is 10.4 Å². The highest BCUT2D eigenvalue weighted by Crippen LogP contribution is 2.27. The molecule has 2 aromatic rings.